The van der Waals surface area contributed by atoms with Gasteiger partial charge in [0.25, 0.3) is 0 Å². The lowest BCUT2D eigenvalue weighted by molar-refractivity contribution is -0.137. The number of amides is 2. The molecule has 0 spiro atoms. The van der Waals surface area contributed by atoms with Gasteiger partial charge in [-0.05, 0) is 24.0 Å². The summed E-state index contributed by atoms with van der Waals surface area (Å²) < 4.78 is 0. The smallest absolute Gasteiger partial charge is 0.321 e. The number of carbonyl (C=O) groups excluding carboxylic acids is 1. The zero-order chi connectivity index (χ0) is 20.9. The third-order valence-electron chi connectivity index (χ3n) is 6.03. The van der Waals surface area contributed by atoms with Gasteiger partial charge in [0.2, 0.25) is 0 Å². The Kier molecular flexibility index (Phi) is 6.62. The standard InChI is InChI=1S/C24H28N2O3S/c27-22(28)14-8-7-13-21-23-20(17-30-21)25(15-18-9-3-1-4-10-18)24(29)26(23)16-19-11-5-2-6-12-19/h1-6,9-12,20-21,23H,7-8,13-17H2,(H,27,28)/t20-,21-,23-/m1/s1. The lowest BCUT2D eigenvalue weighted by Gasteiger charge is -2.27. The van der Waals surface area contributed by atoms with E-state index in [1.54, 1.807) is 0 Å². The number of thioether (sulfide) groups is 1. The summed E-state index contributed by atoms with van der Waals surface area (Å²) in [4.78, 5) is 28.4. The molecule has 0 unspecified atom stereocenters. The number of fused-ring (bicyclic) bond motifs is 1. The van der Waals surface area contributed by atoms with Gasteiger partial charge in [-0.1, -0.05) is 67.1 Å². The lowest BCUT2D eigenvalue weighted by Crippen LogP contribution is -2.40. The fourth-order valence-electron chi connectivity index (χ4n) is 4.58. The second-order valence-electron chi connectivity index (χ2n) is 8.08. The first-order valence-electron chi connectivity index (χ1n) is 10.6. The largest absolute Gasteiger partial charge is 0.481 e. The van der Waals surface area contributed by atoms with Crippen LogP contribution in [0.2, 0.25) is 0 Å². The highest BCUT2D eigenvalue weighted by atomic mass is 32.2. The molecule has 0 aliphatic carbocycles. The van der Waals surface area contributed by atoms with Crippen molar-refractivity contribution in [2.45, 2.75) is 56.1 Å². The van der Waals surface area contributed by atoms with Gasteiger partial charge in [-0.2, -0.15) is 11.8 Å². The number of carboxylic acids is 1. The molecule has 2 aromatic rings. The molecule has 158 valence electrons. The average Bonchev–Trinajstić information content (AvgIpc) is 3.27. The highest BCUT2D eigenvalue weighted by Crippen LogP contribution is 2.42. The first-order valence-corrected chi connectivity index (χ1v) is 11.7. The first-order chi connectivity index (χ1) is 14.6. The molecule has 4 rings (SSSR count). The molecule has 0 aromatic heterocycles. The molecule has 2 heterocycles. The van der Waals surface area contributed by atoms with Crippen LogP contribution in [-0.4, -0.2) is 50.0 Å². The number of aliphatic carboxylic acids is 1. The predicted octanol–water partition coefficient (Wildman–Crippen LogP) is 4.62. The SMILES string of the molecule is O=C(O)CCCC[C@H]1SC[C@@H]2[C@H]1N(Cc1ccccc1)C(=O)N2Cc1ccccc1. The first kappa shape index (κ1) is 20.8. The van der Waals surface area contributed by atoms with E-state index in [1.165, 1.54) is 0 Å². The number of carboxylic acid groups (broad SMARTS) is 1. The van der Waals surface area contributed by atoms with Crippen molar-refractivity contribution in [2.24, 2.45) is 0 Å². The van der Waals surface area contributed by atoms with Gasteiger partial charge in [-0.15, -0.1) is 0 Å². The Bertz CT molecular complexity index is 861. The maximum atomic E-state index is 13.5. The molecule has 0 saturated carbocycles. The van der Waals surface area contributed by atoms with E-state index in [0.29, 0.717) is 24.8 Å². The monoisotopic (exact) mass is 424 g/mol. The summed E-state index contributed by atoms with van der Waals surface area (Å²) in [6.07, 6.45) is 2.76. The predicted molar refractivity (Wildman–Crippen MR) is 119 cm³/mol. The zero-order valence-electron chi connectivity index (χ0n) is 17.0. The Morgan fingerprint density at radius 1 is 0.933 bits per heavy atom. The van der Waals surface area contributed by atoms with Gasteiger partial charge in [-0.3, -0.25) is 4.79 Å². The number of rotatable bonds is 9. The summed E-state index contributed by atoms with van der Waals surface area (Å²) in [6, 6.07) is 20.9. The van der Waals surface area contributed by atoms with Gasteiger partial charge < -0.3 is 14.9 Å². The van der Waals surface area contributed by atoms with E-state index in [2.05, 4.69) is 29.2 Å². The summed E-state index contributed by atoms with van der Waals surface area (Å²) in [6.45, 7) is 1.26. The summed E-state index contributed by atoms with van der Waals surface area (Å²) >= 11 is 1.94. The molecule has 1 N–H and O–H groups in total. The molecule has 2 saturated heterocycles. The van der Waals surface area contributed by atoms with E-state index < -0.39 is 5.97 Å². The van der Waals surface area contributed by atoms with Crippen LogP contribution in [0.15, 0.2) is 60.7 Å². The van der Waals surface area contributed by atoms with Gasteiger partial charge in [0, 0.05) is 30.5 Å². The van der Waals surface area contributed by atoms with Crippen LogP contribution in [0.3, 0.4) is 0 Å². The molecule has 6 heteroatoms. The summed E-state index contributed by atoms with van der Waals surface area (Å²) in [7, 11) is 0. The fraction of sp³-hybridized carbons (Fsp3) is 0.417. The summed E-state index contributed by atoms with van der Waals surface area (Å²) in [5.74, 6) is 0.209. The minimum Gasteiger partial charge on any atom is -0.481 e. The minimum atomic E-state index is -0.734. The number of unbranched alkanes of at least 4 members (excludes halogenated alkanes) is 1. The van der Waals surface area contributed by atoms with Gasteiger partial charge in [0.05, 0.1) is 12.1 Å². The summed E-state index contributed by atoms with van der Waals surface area (Å²) in [5.41, 5.74) is 2.30. The van der Waals surface area contributed by atoms with Crippen LogP contribution in [0, 0.1) is 0 Å². The van der Waals surface area contributed by atoms with Crippen molar-refractivity contribution in [3.63, 3.8) is 0 Å². The third-order valence-corrected chi connectivity index (χ3v) is 7.51. The second kappa shape index (κ2) is 9.56. The van der Waals surface area contributed by atoms with Gasteiger partial charge in [0.15, 0.2) is 0 Å². The van der Waals surface area contributed by atoms with Crippen molar-refractivity contribution in [2.75, 3.05) is 5.75 Å². The van der Waals surface area contributed by atoms with E-state index >= 15 is 0 Å². The molecule has 3 atom stereocenters. The number of nitrogens with zero attached hydrogens (tertiary/aromatic N) is 2. The van der Waals surface area contributed by atoms with Crippen molar-refractivity contribution in [1.29, 1.82) is 0 Å². The Hall–Kier alpha value is -2.47. The Morgan fingerprint density at radius 2 is 1.53 bits per heavy atom. The average molecular weight is 425 g/mol. The number of hydrogen-bond donors (Lipinski definition) is 1. The molecule has 5 nitrogen and oxygen atoms in total. The van der Waals surface area contributed by atoms with Gasteiger partial charge >= 0.3 is 12.0 Å². The van der Waals surface area contributed by atoms with Crippen LogP contribution >= 0.6 is 11.8 Å². The number of urea groups is 1. The lowest BCUT2D eigenvalue weighted by atomic mass is 10.0. The number of benzene rings is 2. The molecular weight excluding hydrogens is 396 g/mol. The molecule has 30 heavy (non-hydrogen) atoms. The van der Waals surface area contributed by atoms with Gasteiger partial charge in [-0.25, -0.2) is 4.79 Å². The van der Waals surface area contributed by atoms with E-state index in [1.807, 2.05) is 53.1 Å². The van der Waals surface area contributed by atoms with Crippen molar-refractivity contribution in [3.8, 4) is 0 Å². The molecule has 2 aromatic carbocycles. The van der Waals surface area contributed by atoms with Crippen LogP contribution in [0.5, 0.6) is 0 Å². The van der Waals surface area contributed by atoms with Crippen LogP contribution in [0.1, 0.15) is 36.8 Å². The molecule has 2 aliphatic rings. The Balaban J connectivity index is 1.51. The maximum Gasteiger partial charge on any atom is 0.321 e. The summed E-state index contributed by atoms with van der Waals surface area (Å²) in [5, 5.41) is 9.27. The topological polar surface area (TPSA) is 60.9 Å². The molecule has 2 aliphatic heterocycles. The molecule has 0 bridgehead atoms. The normalized spacial score (nSPS) is 23.1. The maximum absolute atomic E-state index is 13.5. The van der Waals surface area contributed by atoms with E-state index in [0.717, 1.165) is 29.7 Å². The molecule has 2 amide bonds. The highest BCUT2D eigenvalue weighted by Gasteiger charge is 2.52. The second-order valence-corrected chi connectivity index (χ2v) is 9.35. The fourth-order valence-corrected chi connectivity index (χ4v) is 6.26. The Labute approximate surface area is 182 Å². The van der Waals surface area contributed by atoms with Crippen molar-refractivity contribution in [3.05, 3.63) is 71.8 Å². The number of hydrogen-bond acceptors (Lipinski definition) is 3. The van der Waals surface area contributed by atoms with E-state index in [9.17, 15) is 9.59 Å². The van der Waals surface area contributed by atoms with Gasteiger partial charge in [0.1, 0.15) is 0 Å². The zero-order valence-corrected chi connectivity index (χ0v) is 17.8. The molecular formula is C24H28N2O3S. The van der Waals surface area contributed by atoms with E-state index in [4.69, 9.17) is 5.11 Å². The van der Waals surface area contributed by atoms with Crippen LogP contribution in [0.4, 0.5) is 4.79 Å². The van der Waals surface area contributed by atoms with Crippen LogP contribution < -0.4 is 0 Å². The van der Waals surface area contributed by atoms with Crippen molar-refractivity contribution >= 4 is 23.8 Å². The van der Waals surface area contributed by atoms with Crippen molar-refractivity contribution in [1.82, 2.24) is 9.80 Å². The quantitative estimate of drug-likeness (QED) is 0.471. The Morgan fingerprint density at radius 3 is 2.13 bits per heavy atom. The number of carbonyl (C=O) groups is 2. The van der Waals surface area contributed by atoms with Crippen LogP contribution in [0.25, 0.3) is 0 Å². The minimum absolute atomic E-state index is 0.119. The van der Waals surface area contributed by atoms with E-state index in [-0.39, 0.29) is 24.5 Å². The highest BCUT2D eigenvalue weighted by molar-refractivity contribution is 8.00. The molecule has 0 radical (unpaired) electrons. The third kappa shape index (κ3) is 4.64. The van der Waals surface area contributed by atoms with Crippen molar-refractivity contribution < 1.29 is 14.7 Å². The van der Waals surface area contributed by atoms with Crippen LogP contribution in [-0.2, 0) is 17.9 Å². The molecule has 2 fully saturated rings.